The quantitative estimate of drug-likeness (QED) is 0.410. The Bertz CT molecular complexity index is 969. The van der Waals surface area contributed by atoms with E-state index in [0.717, 1.165) is 27.1 Å². The molecule has 26 heavy (non-hydrogen) atoms. The van der Waals surface area contributed by atoms with Crippen LogP contribution in [0.5, 0.6) is 5.75 Å². The Labute approximate surface area is 156 Å². The first-order valence-electron chi connectivity index (χ1n) is 8.13. The van der Waals surface area contributed by atoms with E-state index in [1.54, 1.807) is 24.3 Å². The summed E-state index contributed by atoms with van der Waals surface area (Å²) in [4.78, 5) is 16.5. The SMILES string of the molecule is Cc1ccc2nc(SCC(=O)NN=Cc3ccc(O)cc3)cc(C)c2c1. The topological polar surface area (TPSA) is 74.6 Å². The molecule has 0 saturated carbocycles. The fourth-order valence-electron chi connectivity index (χ4n) is 2.46. The molecule has 0 aliphatic carbocycles. The average molecular weight is 365 g/mol. The third-order valence-corrected chi connectivity index (χ3v) is 4.71. The molecule has 0 radical (unpaired) electrons. The molecule has 0 unspecified atom stereocenters. The highest BCUT2D eigenvalue weighted by molar-refractivity contribution is 7.99. The number of aryl methyl sites for hydroxylation is 2. The van der Waals surface area contributed by atoms with Gasteiger partial charge in [-0.1, -0.05) is 23.4 Å². The first kappa shape index (κ1) is 17.9. The van der Waals surface area contributed by atoms with Crippen LogP contribution in [0.15, 0.2) is 58.7 Å². The highest BCUT2D eigenvalue weighted by Crippen LogP contribution is 2.24. The molecule has 1 heterocycles. The van der Waals surface area contributed by atoms with Gasteiger partial charge in [-0.15, -0.1) is 0 Å². The van der Waals surface area contributed by atoms with Crippen molar-refractivity contribution in [2.24, 2.45) is 5.10 Å². The number of hydrogen-bond donors (Lipinski definition) is 2. The number of nitrogens with one attached hydrogen (secondary N) is 1. The van der Waals surface area contributed by atoms with E-state index in [0.29, 0.717) is 0 Å². The molecule has 2 N–H and O–H groups in total. The third-order valence-electron chi connectivity index (χ3n) is 3.79. The van der Waals surface area contributed by atoms with E-state index in [1.807, 2.05) is 18.2 Å². The van der Waals surface area contributed by atoms with Gasteiger partial charge in [0.2, 0.25) is 5.91 Å². The maximum atomic E-state index is 11.9. The van der Waals surface area contributed by atoms with E-state index in [4.69, 9.17) is 0 Å². The zero-order valence-electron chi connectivity index (χ0n) is 14.6. The maximum Gasteiger partial charge on any atom is 0.250 e. The minimum Gasteiger partial charge on any atom is -0.508 e. The van der Waals surface area contributed by atoms with Crippen LogP contribution in [0.2, 0.25) is 0 Å². The second-order valence-corrected chi connectivity index (χ2v) is 6.97. The number of aromatic hydroxyl groups is 1. The van der Waals surface area contributed by atoms with Crippen molar-refractivity contribution in [3.05, 3.63) is 65.2 Å². The molecule has 0 fully saturated rings. The van der Waals surface area contributed by atoms with E-state index in [9.17, 15) is 9.90 Å². The van der Waals surface area contributed by atoms with Crippen molar-refractivity contribution in [2.75, 3.05) is 5.75 Å². The number of hydrazone groups is 1. The Morgan fingerprint density at radius 1 is 1.19 bits per heavy atom. The van der Waals surface area contributed by atoms with Crippen LogP contribution in [0, 0.1) is 13.8 Å². The van der Waals surface area contributed by atoms with Gasteiger partial charge in [0.1, 0.15) is 5.75 Å². The van der Waals surface area contributed by atoms with Gasteiger partial charge in [0.15, 0.2) is 0 Å². The first-order valence-corrected chi connectivity index (χ1v) is 9.11. The highest BCUT2D eigenvalue weighted by atomic mass is 32.2. The molecule has 3 rings (SSSR count). The van der Waals surface area contributed by atoms with Crippen molar-refractivity contribution >= 4 is 34.8 Å². The minimum absolute atomic E-state index is 0.191. The molecule has 3 aromatic rings. The normalized spacial score (nSPS) is 11.2. The average Bonchev–Trinajstić information content (AvgIpc) is 2.62. The number of benzene rings is 2. The number of rotatable bonds is 5. The largest absolute Gasteiger partial charge is 0.508 e. The Balaban J connectivity index is 1.58. The number of fused-ring (bicyclic) bond motifs is 1. The fraction of sp³-hybridized carbons (Fsp3) is 0.150. The summed E-state index contributed by atoms with van der Waals surface area (Å²) < 4.78 is 0. The number of carbonyl (C=O) groups excluding carboxylic acids is 1. The van der Waals surface area contributed by atoms with Crippen LogP contribution in [0.4, 0.5) is 0 Å². The van der Waals surface area contributed by atoms with E-state index >= 15 is 0 Å². The highest BCUT2D eigenvalue weighted by Gasteiger charge is 2.06. The number of phenols is 1. The zero-order valence-corrected chi connectivity index (χ0v) is 15.4. The predicted octanol–water partition coefficient (Wildman–Crippen LogP) is 3.80. The van der Waals surface area contributed by atoms with Crippen LogP contribution in [0.1, 0.15) is 16.7 Å². The molecule has 6 heteroatoms. The molecule has 5 nitrogen and oxygen atoms in total. The number of amides is 1. The number of nitrogens with zero attached hydrogens (tertiary/aromatic N) is 2. The van der Waals surface area contributed by atoms with Gasteiger partial charge in [0, 0.05) is 5.39 Å². The first-order chi connectivity index (χ1) is 12.5. The summed E-state index contributed by atoms with van der Waals surface area (Å²) in [7, 11) is 0. The van der Waals surface area contributed by atoms with Crippen LogP contribution in [0.3, 0.4) is 0 Å². The van der Waals surface area contributed by atoms with Gasteiger partial charge in [0.05, 0.1) is 22.5 Å². The van der Waals surface area contributed by atoms with Gasteiger partial charge in [0.25, 0.3) is 0 Å². The molecule has 132 valence electrons. The number of carbonyl (C=O) groups is 1. The number of aromatic nitrogens is 1. The zero-order chi connectivity index (χ0) is 18.5. The van der Waals surface area contributed by atoms with Gasteiger partial charge in [-0.25, -0.2) is 10.4 Å². The maximum absolute atomic E-state index is 11.9. The van der Waals surface area contributed by atoms with Crippen molar-refractivity contribution in [3.63, 3.8) is 0 Å². The van der Waals surface area contributed by atoms with Crippen molar-refractivity contribution in [2.45, 2.75) is 18.9 Å². The van der Waals surface area contributed by atoms with Crippen molar-refractivity contribution in [3.8, 4) is 5.75 Å². The predicted molar refractivity (Wildman–Crippen MR) is 106 cm³/mol. The molecule has 0 aliphatic heterocycles. The lowest BCUT2D eigenvalue weighted by molar-refractivity contribution is -0.118. The van der Waals surface area contributed by atoms with Crippen LogP contribution in [0.25, 0.3) is 10.9 Å². The van der Waals surface area contributed by atoms with E-state index < -0.39 is 0 Å². The summed E-state index contributed by atoms with van der Waals surface area (Å²) in [6.45, 7) is 4.11. The summed E-state index contributed by atoms with van der Waals surface area (Å²) in [5.74, 6) is 0.223. The summed E-state index contributed by atoms with van der Waals surface area (Å²) >= 11 is 1.38. The Hall–Kier alpha value is -2.86. The lowest BCUT2D eigenvalue weighted by atomic mass is 10.1. The molecular weight excluding hydrogens is 346 g/mol. The summed E-state index contributed by atoms with van der Waals surface area (Å²) in [6, 6.07) is 14.7. The van der Waals surface area contributed by atoms with Gasteiger partial charge >= 0.3 is 0 Å². The van der Waals surface area contributed by atoms with Gasteiger partial charge in [-0.3, -0.25) is 4.79 Å². The van der Waals surface area contributed by atoms with E-state index in [-0.39, 0.29) is 17.4 Å². The number of pyridine rings is 1. The molecule has 0 saturated heterocycles. The van der Waals surface area contributed by atoms with Gasteiger partial charge < -0.3 is 5.11 Å². The molecule has 0 atom stereocenters. The number of thioether (sulfide) groups is 1. The monoisotopic (exact) mass is 365 g/mol. The number of phenolic OH excluding ortho intramolecular Hbond substituents is 1. The third kappa shape index (κ3) is 4.61. The molecule has 1 aromatic heterocycles. The molecule has 1 amide bonds. The standard InChI is InChI=1S/C20H19N3O2S/c1-13-3-8-18-17(9-13)14(2)10-20(22-18)26-12-19(25)23-21-11-15-4-6-16(24)7-5-15/h3-11,24H,12H2,1-2H3,(H,23,25). The minimum atomic E-state index is -0.200. The molecule has 0 aliphatic rings. The van der Waals surface area contributed by atoms with Crippen LogP contribution >= 0.6 is 11.8 Å². The van der Waals surface area contributed by atoms with Gasteiger partial charge in [-0.2, -0.15) is 5.10 Å². The summed E-state index contributed by atoms with van der Waals surface area (Å²) in [6.07, 6.45) is 1.53. The van der Waals surface area contributed by atoms with Gasteiger partial charge in [-0.05, 0) is 67.4 Å². The van der Waals surface area contributed by atoms with E-state index in [2.05, 4.69) is 35.4 Å². The Morgan fingerprint density at radius 3 is 2.73 bits per heavy atom. The Morgan fingerprint density at radius 2 is 1.96 bits per heavy atom. The van der Waals surface area contributed by atoms with Crippen LogP contribution < -0.4 is 5.43 Å². The van der Waals surface area contributed by atoms with Crippen LogP contribution in [-0.4, -0.2) is 28.0 Å². The molecule has 0 bridgehead atoms. The lowest BCUT2D eigenvalue weighted by Crippen LogP contribution is -2.19. The second kappa shape index (κ2) is 8.01. The summed E-state index contributed by atoms with van der Waals surface area (Å²) in [5.41, 5.74) is 6.57. The second-order valence-electron chi connectivity index (χ2n) is 5.97. The summed E-state index contributed by atoms with van der Waals surface area (Å²) in [5, 5.41) is 15.1. The smallest absolute Gasteiger partial charge is 0.250 e. The van der Waals surface area contributed by atoms with Crippen molar-refractivity contribution in [1.82, 2.24) is 10.4 Å². The molecule has 0 spiro atoms. The Kier molecular flexibility index (Phi) is 5.53. The fourth-order valence-corrected chi connectivity index (χ4v) is 3.23. The molecule has 2 aromatic carbocycles. The van der Waals surface area contributed by atoms with Crippen molar-refractivity contribution < 1.29 is 9.90 Å². The lowest BCUT2D eigenvalue weighted by Gasteiger charge is -2.07. The molecular formula is C20H19N3O2S. The van der Waals surface area contributed by atoms with Crippen molar-refractivity contribution in [1.29, 1.82) is 0 Å². The van der Waals surface area contributed by atoms with Crippen LogP contribution in [-0.2, 0) is 4.79 Å². The van der Waals surface area contributed by atoms with E-state index in [1.165, 1.54) is 23.5 Å². The number of hydrogen-bond acceptors (Lipinski definition) is 5.